The third kappa shape index (κ3) is 4.24. The lowest BCUT2D eigenvalue weighted by Gasteiger charge is -2.17. The van der Waals surface area contributed by atoms with Gasteiger partial charge in [0.1, 0.15) is 5.75 Å². The van der Waals surface area contributed by atoms with Gasteiger partial charge in [0.05, 0.1) is 6.61 Å². The van der Waals surface area contributed by atoms with Gasteiger partial charge in [-0.05, 0) is 62.3 Å². The number of nitrogens with one attached hydrogen (secondary N) is 1. The molecule has 2 nitrogen and oxygen atoms in total. The molecule has 0 aliphatic heterocycles. The molecule has 20 heavy (non-hydrogen) atoms. The van der Waals surface area contributed by atoms with Crippen LogP contribution in [0.2, 0.25) is 0 Å². The Hall–Kier alpha value is -1.02. The van der Waals surface area contributed by atoms with Crippen LogP contribution >= 0.6 is 0 Å². The van der Waals surface area contributed by atoms with Gasteiger partial charge in [-0.25, -0.2) is 0 Å². The van der Waals surface area contributed by atoms with Crippen molar-refractivity contribution in [3.8, 4) is 5.75 Å². The van der Waals surface area contributed by atoms with E-state index in [1.165, 1.54) is 48.8 Å². The van der Waals surface area contributed by atoms with Gasteiger partial charge in [-0.2, -0.15) is 0 Å². The van der Waals surface area contributed by atoms with E-state index >= 15 is 0 Å². The fraction of sp³-hybridized carbons (Fsp3) is 0.667. The fourth-order valence-corrected chi connectivity index (χ4v) is 3.16. The summed E-state index contributed by atoms with van der Waals surface area (Å²) in [6, 6.07) is 4.53. The molecular formula is C18H29NO. The molecule has 0 aromatic heterocycles. The molecule has 1 N–H and O–H groups in total. The van der Waals surface area contributed by atoms with Crippen molar-refractivity contribution in [1.29, 1.82) is 0 Å². The molecule has 0 amide bonds. The van der Waals surface area contributed by atoms with Crippen molar-refractivity contribution in [1.82, 2.24) is 5.32 Å². The molecule has 1 aromatic rings. The van der Waals surface area contributed by atoms with Crippen LogP contribution in [0.5, 0.6) is 5.75 Å². The largest absolute Gasteiger partial charge is 0.493 e. The normalized spacial score (nSPS) is 15.8. The molecule has 0 bridgehead atoms. The van der Waals surface area contributed by atoms with E-state index in [9.17, 15) is 0 Å². The summed E-state index contributed by atoms with van der Waals surface area (Å²) in [5.41, 5.74) is 3.91. The van der Waals surface area contributed by atoms with Gasteiger partial charge in [0.2, 0.25) is 0 Å². The van der Waals surface area contributed by atoms with Crippen LogP contribution in [0.15, 0.2) is 12.1 Å². The van der Waals surface area contributed by atoms with Gasteiger partial charge < -0.3 is 10.1 Å². The Labute approximate surface area is 123 Å². The summed E-state index contributed by atoms with van der Waals surface area (Å²) in [4.78, 5) is 0. The summed E-state index contributed by atoms with van der Waals surface area (Å²) in [5, 5.41) is 3.46. The maximum Gasteiger partial charge on any atom is 0.125 e. The van der Waals surface area contributed by atoms with Crippen molar-refractivity contribution in [2.24, 2.45) is 5.92 Å². The van der Waals surface area contributed by atoms with Crippen molar-refractivity contribution in [2.75, 3.05) is 13.2 Å². The third-order valence-corrected chi connectivity index (χ3v) is 4.21. The second-order valence-corrected chi connectivity index (χ2v) is 6.20. The SMILES string of the molecule is CCCNCc1cc(C)c(OCC2CCCC2)c(C)c1. The van der Waals surface area contributed by atoms with Crippen molar-refractivity contribution in [2.45, 2.75) is 59.4 Å². The van der Waals surface area contributed by atoms with E-state index in [1.54, 1.807) is 0 Å². The maximum absolute atomic E-state index is 6.11. The summed E-state index contributed by atoms with van der Waals surface area (Å²) in [5.74, 6) is 1.89. The Morgan fingerprint density at radius 3 is 2.40 bits per heavy atom. The zero-order chi connectivity index (χ0) is 14.4. The summed E-state index contributed by atoms with van der Waals surface area (Å²) >= 11 is 0. The van der Waals surface area contributed by atoms with Crippen LogP contribution in [0.3, 0.4) is 0 Å². The molecule has 0 saturated heterocycles. The van der Waals surface area contributed by atoms with Crippen LogP contribution in [0.1, 0.15) is 55.7 Å². The highest BCUT2D eigenvalue weighted by atomic mass is 16.5. The molecule has 1 saturated carbocycles. The molecular weight excluding hydrogens is 246 g/mol. The Balaban J connectivity index is 1.94. The average molecular weight is 275 g/mol. The standard InChI is InChI=1S/C18H29NO/c1-4-9-19-12-17-10-14(2)18(15(3)11-17)20-13-16-7-5-6-8-16/h10-11,16,19H,4-9,12-13H2,1-3H3. The predicted octanol–water partition coefficient (Wildman–Crippen LogP) is 4.37. The molecule has 0 spiro atoms. The second-order valence-electron chi connectivity index (χ2n) is 6.20. The predicted molar refractivity (Wildman–Crippen MR) is 85.4 cm³/mol. The molecule has 2 heteroatoms. The first kappa shape index (κ1) is 15.4. The van der Waals surface area contributed by atoms with E-state index < -0.39 is 0 Å². The van der Waals surface area contributed by atoms with Crippen LogP contribution < -0.4 is 10.1 Å². The van der Waals surface area contributed by atoms with Gasteiger partial charge in [0, 0.05) is 6.54 Å². The van der Waals surface area contributed by atoms with Gasteiger partial charge in [-0.1, -0.05) is 31.9 Å². The molecule has 1 aliphatic rings. The molecule has 0 unspecified atom stereocenters. The first-order valence-electron chi connectivity index (χ1n) is 8.14. The molecule has 1 fully saturated rings. The van der Waals surface area contributed by atoms with Gasteiger partial charge >= 0.3 is 0 Å². The summed E-state index contributed by atoms with van der Waals surface area (Å²) in [7, 11) is 0. The average Bonchev–Trinajstić information content (AvgIpc) is 2.91. The number of aryl methyl sites for hydroxylation is 2. The Kier molecular flexibility index (Phi) is 5.90. The third-order valence-electron chi connectivity index (χ3n) is 4.21. The zero-order valence-electron chi connectivity index (χ0n) is 13.3. The van der Waals surface area contributed by atoms with Crippen molar-refractivity contribution in [3.63, 3.8) is 0 Å². The first-order chi connectivity index (χ1) is 9.70. The highest BCUT2D eigenvalue weighted by Gasteiger charge is 2.16. The minimum Gasteiger partial charge on any atom is -0.493 e. The molecule has 0 heterocycles. The summed E-state index contributed by atoms with van der Waals surface area (Å²) < 4.78 is 6.11. The van der Waals surface area contributed by atoms with E-state index in [1.807, 2.05) is 0 Å². The second kappa shape index (κ2) is 7.68. The molecule has 2 rings (SSSR count). The Morgan fingerprint density at radius 1 is 1.15 bits per heavy atom. The maximum atomic E-state index is 6.11. The minimum absolute atomic E-state index is 0.777. The topological polar surface area (TPSA) is 21.3 Å². The van der Waals surface area contributed by atoms with Crippen LogP contribution in [0, 0.1) is 19.8 Å². The van der Waals surface area contributed by atoms with Crippen molar-refractivity contribution < 1.29 is 4.74 Å². The van der Waals surface area contributed by atoms with E-state index in [-0.39, 0.29) is 0 Å². The molecule has 112 valence electrons. The van der Waals surface area contributed by atoms with E-state index in [0.29, 0.717) is 0 Å². The summed E-state index contributed by atoms with van der Waals surface area (Å²) in [6.07, 6.45) is 6.64. The smallest absolute Gasteiger partial charge is 0.125 e. The van der Waals surface area contributed by atoms with Crippen molar-refractivity contribution >= 4 is 0 Å². The number of rotatable bonds is 7. The lowest BCUT2D eigenvalue weighted by molar-refractivity contribution is 0.249. The van der Waals surface area contributed by atoms with Gasteiger partial charge in [0.25, 0.3) is 0 Å². The van der Waals surface area contributed by atoms with Crippen LogP contribution in [0.25, 0.3) is 0 Å². The van der Waals surface area contributed by atoms with Gasteiger partial charge in [0.15, 0.2) is 0 Å². The lowest BCUT2D eigenvalue weighted by atomic mass is 10.1. The molecule has 1 aliphatic carbocycles. The zero-order valence-corrected chi connectivity index (χ0v) is 13.3. The number of hydrogen-bond donors (Lipinski definition) is 1. The van der Waals surface area contributed by atoms with Crippen LogP contribution in [-0.2, 0) is 6.54 Å². The van der Waals surface area contributed by atoms with E-state index in [2.05, 4.69) is 38.2 Å². The lowest BCUT2D eigenvalue weighted by Crippen LogP contribution is -2.14. The Morgan fingerprint density at radius 2 is 1.80 bits per heavy atom. The molecule has 0 atom stereocenters. The Bertz CT molecular complexity index is 398. The number of benzene rings is 1. The van der Waals surface area contributed by atoms with E-state index in [4.69, 9.17) is 4.74 Å². The van der Waals surface area contributed by atoms with E-state index in [0.717, 1.165) is 31.4 Å². The molecule has 0 radical (unpaired) electrons. The fourth-order valence-electron chi connectivity index (χ4n) is 3.16. The molecule has 1 aromatic carbocycles. The highest BCUT2D eigenvalue weighted by Crippen LogP contribution is 2.29. The number of hydrogen-bond acceptors (Lipinski definition) is 2. The van der Waals surface area contributed by atoms with Crippen molar-refractivity contribution in [3.05, 3.63) is 28.8 Å². The highest BCUT2D eigenvalue weighted by molar-refractivity contribution is 5.43. The van der Waals surface area contributed by atoms with Crippen LogP contribution in [-0.4, -0.2) is 13.2 Å². The summed E-state index contributed by atoms with van der Waals surface area (Å²) in [6.45, 7) is 9.47. The monoisotopic (exact) mass is 275 g/mol. The van der Waals surface area contributed by atoms with Crippen LogP contribution in [0.4, 0.5) is 0 Å². The van der Waals surface area contributed by atoms with Gasteiger partial charge in [-0.15, -0.1) is 0 Å². The van der Waals surface area contributed by atoms with Gasteiger partial charge in [-0.3, -0.25) is 0 Å². The minimum atomic E-state index is 0.777. The quantitative estimate of drug-likeness (QED) is 0.746. The first-order valence-corrected chi connectivity index (χ1v) is 8.14. The number of ether oxygens (including phenoxy) is 1.